The van der Waals surface area contributed by atoms with Gasteiger partial charge in [-0.2, -0.15) is 0 Å². The molecule has 12 heavy (non-hydrogen) atoms. The van der Waals surface area contributed by atoms with Crippen LogP contribution in [0, 0.1) is 0 Å². The molecule has 1 saturated carbocycles. The molecule has 68 valence electrons. The Morgan fingerprint density at radius 3 is 1.00 bits per heavy atom. The topological polar surface area (TPSA) is 115 Å². The molecule has 0 bridgehead atoms. The number of aliphatic hydroxyl groups excluding tert-OH is 4. The van der Waals surface area contributed by atoms with Gasteiger partial charge < -0.3 is 20.4 Å². The summed E-state index contributed by atoms with van der Waals surface area (Å²) in [5.41, 5.74) is 0. The third-order valence-corrected chi connectivity index (χ3v) is 1.76. The number of ketones is 2. The maximum atomic E-state index is 10.7. The molecule has 1 fully saturated rings. The van der Waals surface area contributed by atoms with Gasteiger partial charge in [-0.3, -0.25) is 9.59 Å². The molecular formula is C6H8O6. The van der Waals surface area contributed by atoms with Gasteiger partial charge in [0.2, 0.25) is 0 Å². The molecule has 6 heteroatoms. The first-order chi connectivity index (χ1) is 5.46. The van der Waals surface area contributed by atoms with Crippen molar-refractivity contribution >= 4 is 11.6 Å². The largest absolute Gasteiger partial charge is 0.382 e. The average molecular weight is 176 g/mol. The van der Waals surface area contributed by atoms with E-state index in [1.54, 1.807) is 0 Å². The molecule has 0 aromatic rings. The zero-order valence-corrected chi connectivity index (χ0v) is 5.91. The molecular weight excluding hydrogens is 168 g/mol. The smallest absolute Gasteiger partial charge is 0.195 e. The molecule has 0 aromatic carbocycles. The standard InChI is InChI=1S/C6H8O6/c7-1-2(8)4(10)6(12)5(11)3(1)9/h1-2,5-8,11-12H/t1-,2?,5?,6?/m0/s1. The Balaban J connectivity index is 2.91. The maximum absolute atomic E-state index is 10.7. The van der Waals surface area contributed by atoms with E-state index in [1.165, 1.54) is 0 Å². The van der Waals surface area contributed by atoms with Crippen LogP contribution in [0.5, 0.6) is 0 Å². The maximum Gasteiger partial charge on any atom is 0.195 e. The lowest BCUT2D eigenvalue weighted by molar-refractivity contribution is -0.170. The summed E-state index contributed by atoms with van der Waals surface area (Å²) in [4.78, 5) is 21.4. The zero-order valence-electron chi connectivity index (χ0n) is 5.91. The van der Waals surface area contributed by atoms with Crippen LogP contribution in [-0.2, 0) is 9.59 Å². The van der Waals surface area contributed by atoms with E-state index in [1.807, 2.05) is 0 Å². The highest BCUT2D eigenvalue weighted by Crippen LogP contribution is 2.13. The highest BCUT2D eigenvalue weighted by Gasteiger charge is 2.47. The number of aliphatic hydroxyl groups is 4. The second kappa shape index (κ2) is 2.91. The fourth-order valence-corrected chi connectivity index (χ4v) is 0.972. The van der Waals surface area contributed by atoms with Crippen molar-refractivity contribution in [2.24, 2.45) is 0 Å². The molecule has 1 aliphatic carbocycles. The van der Waals surface area contributed by atoms with E-state index in [0.29, 0.717) is 0 Å². The molecule has 0 amide bonds. The van der Waals surface area contributed by atoms with E-state index in [4.69, 9.17) is 20.4 Å². The van der Waals surface area contributed by atoms with Gasteiger partial charge in [-0.25, -0.2) is 0 Å². The van der Waals surface area contributed by atoms with Crippen LogP contribution in [0.15, 0.2) is 0 Å². The molecule has 0 aromatic heterocycles. The predicted molar refractivity (Wildman–Crippen MR) is 34.0 cm³/mol. The van der Waals surface area contributed by atoms with E-state index in [9.17, 15) is 9.59 Å². The first-order valence-electron chi connectivity index (χ1n) is 3.26. The molecule has 0 aliphatic heterocycles. The predicted octanol–water partition coefficient (Wildman–Crippen LogP) is -3.42. The second-order valence-electron chi connectivity index (χ2n) is 2.58. The fraction of sp³-hybridized carbons (Fsp3) is 0.667. The monoisotopic (exact) mass is 176 g/mol. The lowest BCUT2D eigenvalue weighted by Crippen LogP contribution is -2.59. The lowest BCUT2D eigenvalue weighted by Gasteiger charge is -2.28. The van der Waals surface area contributed by atoms with Gasteiger partial charge in [0, 0.05) is 0 Å². The van der Waals surface area contributed by atoms with Crippen molar-refractivity contribution in [1.29, 1.82) is 0 Å². The minimum atomic E-state index is -1.93. The molecule has 0 heterocycles. The van der Waals surface area contributed by atoms with E-state index < -0.39 is 36.0 Å². The highest BCUT2D eigenvalue weighted by molar-refractivity contribution is 6.04. The fourth-order valence-electron chi connectivity index (χ4n) is 0.972. The van der Waals surface area contributed by atoms with E-state index in [-0.39, 0.29) is 0 Å². The summed E-state index contributed by atoms with van der Waals surface area (Å²) in [5, 5.41) is 35.3. The molecule has 3 unspecified atom stereocenters. The van der Waals surface area contributed by atoms with Crippen molar-refractivity contribution in [3.8, 4) is 0 Å². The van der Waals surface area contributed by atoms with Gasteiger partial charge in [0.05, 0.1) is 0 Å². The lowest BCUT2D eigenvalue weighted by atomic mass is 9.88. The molecule has 4 atom stereocenters. The number of carbonyl (C=O) groups excluding carboxylic acids is 2. The minimum absolute atomic E-state index is 1.14. The van der Waals surface area contributed by atoms with Crippen LogP contribution in [0.25, 0.3) is 0 Å². The summed E-state index contributed by atoms with van der Waals surface area (Å²) in [5.74, 6) is -2.29. The Morgan fingerprint density at radius 2 is 0.833 bits per heavy atom. The molecule has 0 radical (unpaired) electrons. The summed E-state index contributed by atoms with van der Waals surface area (Å²) in [6.07, 6.45) is -7.74. The quantitative estimate of drug-likeness (QED) is 0.305. The van der Waals surface area contributed by atoms with E-state index in [0.717, 1.165) is 0 Å². The van der Waals surface area contributed by atoms with Crippen LogP contribution in [0.4, 0.5) is 0 Å². The van der Waals surface area contributed by atoms with E-state index >= 15 is 0 Å². The number of rotatable bonds is 0. The Hall–Kier alpha value is -0.820. The van der Waals surface area contributed by atoms with Crippen molar-refractivity contribution in [2.45, 2.75) is 24.4 Å². The van der Waals surface area contributed by atoms with Crippen LogP contribution in [0.3, 0.4) is 0 Å². The zero-order chi connectivity index (χ0) is 9.46. The van der Waals surface area contributed by atoms with Gasteiger partial charge in [-0.15, -0.1) is 0 Å². The van der Waals surface area contributed by atoms with Crippen LogP contribution in [0.2, 0.25) is 0 Å². The van der Waals surface area contributed by atoms with Gasteiger partial charge >= 0.3 is 0 Å². The molecule has 0 saturated heterocycles. The Morgan fingerprint density at radius 1 is 0.667 bits per heavy atom. The van der Waals surface area contributed by atoms with Gasteiger partial charge in [-0.05, 0) is 0 Å². The Kier molecular flexibility index (Phi) is 2.25. The average Bonchev–Trinajstić information content (AvgIpc) is 2.08. The van der Waals surface area contributed by atoms with Gasteiger partial charge in [-0.1, -0.05) is 0 Å². The summed E-state index contributed by atoms with van der Waals surface area (Å²) >= 11 is 0. The van der Waals surface area contributed by atoms with Gasteiger partial charge in [0.25, 0.3) is 0 Å². The third-order valence-electron chi connectivity index (χ3n) is 1.76. The van der Waals surface area contributed by atoms with Crippen molar-refractivity contribution < 1.29 is 30.0 Å². The second-order valence-corrected chi connectivity index (χ2v) is 2.58. The van der Waals surface area contributed by atoms with Gasteiger partial charge in [0.15, 0.2) is 11.6 Å². The number of Topliss-reactive ketones (excluding diaryl/α,β-unsaturated/α-hetero) is 2. The molecule has 1 aliphatic rings. The van der Waals surface area contributed by atoms with E-state index in [2.05, 4.69) is 0 Å². The SMILES string of the molecule is O=C1C(O)C(O)C(=O)[C@@H](O)C1O. The number of carbonyl (C=O) groups is 2. The van der Waals surface area contributed by atoms with Crippen LogP contribution < -0.4 is 0 Å². The normalized spacial score (nSPS) is 43.3. The molecule has 6 nitrogen and oxygen atoms in total. The highest BCUT2D eigenvalue weighted by atomic mass is 16.4. The third kappa shape index (κ3) is 1.14. The minimum Gasteiger partial charge on any atom is -0.382 e. The van der Waals surface area contributed by atoms with Crippen LogP contribution in [0.1, 0.15) is 0 Å². The van der Waals surface area contributed by atoms with Crippen LogP contribution >= 0.6 is 0 Å². The van der Waals surface area contributed by atoms with Gasteiger partial charge in [0.1, 0.15) is 24.4 Å². The Bertz CT molecular complexity index is 180. The van der Waals surface area contributed by atoms with Crippen LogP contribution in [-0.4, -0.2) is 56.4 Å². The number of hydrogen-bond acceptors (Lipinski definition) is 6. The molecule has 0 spiro atoms. The first-order valence-corrected chi connectivity index (χ1v) is 3.26. The van der Waals surface area contributed by atoms with Crippen molar-refractivity contribution in [1.82, 2.24) is 0 Å². The summed E-state index contributed by atoms with van der Waals surface area (Å²) in [6, 6.07) is 0. The molecule has 4 N–H and O–H groups in total. The number of hydrogen-bond donors (Lipinski definition) is 4. The van der Waals surface area contributed by atoms with Crippen molar-refractivity contribution in [3.63, 3.8) is 0 Å². The first kappa shape index (κ1) is 9.27. The Labute approximate surface area is 67.1 Å². The van der Waals surface area contributed by atoms with Crippen molar-refractivity contribution in [3.05, 3.63) is 0 Å². The summed E-state index contributed by atoms with van der Waals surface area (Å²) in [6.45, 7) is 0. The summed E-state index contributed by atoms with van der Waals surface area (Å²) in [7, 11) is 0. The summed E-state index contributed by atoms with van der Waals surface area (Å²) < 4.78 is 0. The molecule has 1 rings (SSSR count). The van der Waals surface area contributed by atoms with Crippen molar-refractivity contribution in [2.75, 3.05) is 0 Å².